The SMILES string of the molecule is C=CC(N)=O.COC(C)OC. The minimum absolute atomic E-state index is 0.0648. The fourth-order valence-electron chi connectivity index (χ4n) is 0.0962. The van der Waals surface area contributed by atoms with Gasteiger partial charge in [0.25, 0.3) is 0 Å². The number of methoxy groups -OCH3 is 2. The van der Waals surface area contributed by atoms with Crippen LogP contribution in [-0.2, 0) is 14.3 Å². The zero-order valence-corrected chi connectivity index (χ0v) is 7.16. The number of hydrogen-bond donors (Lipinski definition) is 1. The molecule has 0 aromatic heterocycles. The van der Waals surface area contributed by atoms with Gasteiger partial charge in [0.1, 0.15) is 0 Å². The molecule has 0 fully saturated rings. The number of ether oxygens (including phenoxy) is 2. The second kappa shape index (κ2) is 9.13. The van der Waals surface area contributed by atoms with Crippen molar-refractivity contribution in [2.75, 3.05) is 14.2 Å². The molecular formula is C7H15NO3. The molecule has 66 valence electrons. The summed E-state index contributed by atoms with van der Waals surface area (Å²) >= 11 is 0. The van der Waals surface area contributed by atoms with E-state index in [2.05, 4.69) is 21.8 Å². The summed E-state index contributed by atoms with van der Waals surface area (Å²) in [6, 6.07) is 0. The molecule has 0 bridgehead atoms. The Labute approximate surface area is 67.0 Å². The van der Waals surface area contributed by atoms with Crippen molar-refractivity contribution >= 4 is 5.91 Å². The second-order valence-electron chi connectivity index (χ2n) is 1.65. The van der Waals surface area contributed by atoms with Gasteiger partial charge in [0, 0.05) is 14.2 Å². The number of primary amides is 1. The van der Waals surface area contributed by atoms with Gasteiger partial charge >= 0.3 is 0 Å². The number of hydrogen-bond acceptors (Lipinski definition) is 3. The van der Waals surface area contributed by atoms with E-state index in [1.165, 1.54) is 0 Å². The summed E-state index contributed by atoms with van der Waals surface area (Å²) in [6.07, 6.45) is 0.991. The van der Waals surface area contributed by atoms with Crippen LogP contribution in [0.4, 0.5) is 0 Å². The molecule has 11 heavy (non-hydrogen) atoms. The quantitative estimate of drug-likeness (QED) is 0.478. The molecule has 0 aromatic rings. The highest BCUT2D eigenvalue weighted by molar-refractivity contribution is 5.84. The molecule has 0 heterocycles. The third-order valence-corrected chi connectivity index (χ3v) is 0.865. The van der Waals surface area contributed by atoms with E-state index < -0.39 is 5.91 Å². The van der Waals surface area contributed by atoms with E-state index in [9.17, 15) is 4.79 Å². The second-order valence-corrected chi connectivity index (χ2v) is 1.65. The molecule has 1 amide bonds. The number of carbonyl (C=O) groups is 1. The Balaban J connectivity index is 0. The van der Waals surface area contributed by atoms with Gasteiger partial charge in [0.2, 0.25) is 5.91 Å². The first-order valence-electron chi connectivity index (χ1n) is 3.05. The van der Waals surface area contributed by atoms with Gasteiger partial charge in [-0.2, -0.15) is 0 Å². The van der Waals surface area contributed by atoms with Crippen molar-refractivity contribution in [2.45, 2.75) is 13.2 Å². The summed E-state index contributed by atoms with van der Waals surface area (Å²) in [5.41, 5.74) is 4.53. The monoisotopic (exact) mass is 161 g/mol. The first-order chi connectivity index (χ1) is 5.08. The lowest BCUT2D eigenvalue weighted by Gasteiger charge is -2.03. The van der Waals surface area contributed by atoms with Crippen molar-refractivity contribution in [1.29, 1.82) is 0 Å². The third-order valence-electron chi connectivity index (χ3n) is 0.865. The van der Waals surface area contributed by atoms with Crippen LogP contribution in [0.5, 0.6) is 0 Å². The van der Waals surface area contributed by atoms with Crippen LogP contribution in [0.25, 0.3) is 0 Å². The molecule has 2 N–H and O–H groups in total. The van der Waals surface area contributed by atoms with Crippen LogP contribution in [0.15, 0.2) is 12.7 Å². The van der Waals surface area contributed by atoms with Gasteiger partial charge in [0.15, 0.2) is 6.29 Å². The standard InChI is InChI=1S/C4H10O2.C3H5NO/c1-4(5-2)6-3;1-2-3(4)5/h4H,1-3H3;2H,1H2,(H2,4,5). The molecule has 0 aliphatic carbocycles. The normalized spacial score (nSPS) is 8.36. The van der Waals surface area contributed by atoms with Crippen LogP contribution in [-0.4, -0.2) is 26.4 Å². The number of nitrogens with two attached hydrogens (primary N) is 1. The van der Waals surface area contributed by atoms with E-state index in [0.29, 0.717) is 0 Å². The fraction of sp³-hybridized carbons (Fsp3) is 0.571. The molecular weight excluding hydrogens is 146 g/mol. The lowest BCUT2D eigenvalue weighted by Crippen LogP contribution is -2.05. The lowest BCUT2D eigenvalue weighted by molar-refractivity contribution is -0.113. The number of amides is 1. The molecule has 0 saturated carbocycles. The largest absolute Gasteiger partial charge is 0.366 e. The van der Waals surface area contributed by atoms with Crippen molar-refractivity contribution < 1.29 is 14.3 Å². The van der Waals surface area contributed by atoms with E-state index in [1.54, 1.807) is 14.2 Å². The van der Waals surface area contributed by atoms with E-state index >= 15 is 0 Å². The van der Waals surface area contributed by atoms with E-state index in [0.717, 1.165) is 6.08 Å². The van der Waals surface area contributed by atoms with Gasteiger partial charge in [-0.3, -0.25) is 4.79 Å². The summed E-state index contributed by atoms with van der Waals surface area (Å²) in [7, 11) is 3.21. The zero-order valence-electron chi connectivity index (χ0n) is 7.16. The average molecular weight is 161 g/mol. The smallest absolute Gasteiger partial charge is 0.240 e. The summed E-state index contributed by atoms with van der Waals surface area (Å²) in [5, 5.41) is 0. The maximum absolute atomic E-state index is 9.47. The predicted octanol–water partition coefficient (Wildman–Crippen LogP) is 0.283. The Hall–Kier alpha value is -0.870. The van der Waals surface area contributed by atoms with Crippen molar-refractivity contribution in [3.8, 4) is 0 Å². The topological polar surface area (TPSA) is 61.6 Å². The van der Waals surface area contributed by atoms with Gasteiger partial charge in [-0.25, -0.2) is 0 Å². The summed E-state index contributed by atoms with van der Waals surface area (Å²) < 4.78 is 9.35. The molecule has 0 spiro atoms. The highest BCUT2D eigenvalue weighted by atomic mass is 16.7. The van der Waals surface area contributed by atoms with Crippen molar-refractivity contribution in [3.63, 3.8) is 0 Å². The van der Waals surface area contributed by atoms with Gasteiger partial charge in [-0.15, -0.1) is 0 Å². The molecule has 0 aliphatic heterocycles. The Morgan fingerprint density at radius 1 is 1.55 bits per heavy atom. The Bertz CT molecular complexity index is 110. The summed E-state index contributed by atoms with van der Waals surface area (Å²) in [5.74, 6) is -0.481. The Kier molecular flexibility index (Phi) is 10.6. The lowest BCUT2D eigenvalue weighted by atomic mass is 10.6. The molecule has 4 nitrogen and oxygen atoms in total. The van der Waals surface area contributed by atoms with E-state index in [-0.39, 0.29) is 6.29 Å². The van der Waals surface area contributed by atoms with Gasteiger partial charge < -0.3 is 15.2 Å². The van der Waals surface area contributed by atoms with Gasteiger partial charge in [-0.05, 0) is 13.0 Å². The highest BCUT2D eigenvalue weighted by Crippen LogP contribution is 1.82. The van der Waals surface area contributed by atoms with Crippen LogP contribution in [0.3, 0.4) is 0 Å². The van der Waals surface area contributed by atoms with Crippen LogP contribution in [0, 0.1) is 0 Å². The van der Waals surface area contributed by atoms with Crippen LogP contribution in [0.2, 0.25) is 0 Å². The maximum Gasteiger partial charge on any atom is 0.240 e. The summed E-state index contributed by atoms with van der Waals surface area (Å²) in [4.78, 5) is 9.47. The first kappa shape index (κ1) is 12.8. The minimum atomic E-state index is -0.481. The van der Waals surface area contributed by atoms with Crippen LogP contribution >= 0.6 is 0 Å². The number of rotatable bonds is 3. The van der Waals surface area contributed by atoms with E-state index in [4.69, 9.17) is 0 Å². The number of carbonyl (C=O) groups excluding carboxylic acids is 1. The predicted molar refractivity (Wildman–Crippen MR) is 42.9 cm³/mol. The molecule has 0 atom stereocenters. The molecule has 0 aliphatic rings. The van der Waals surface area contributed by atoms with Crippen molar-refractivity contribution in [2.24, 2.45) is 5.73 Å². The molecule has 0 radical (unpaired) electrons. The Morgan fingerprint density at radius 3 is 1.82 bits per heavy atom. The van der Waals surface area contributed by atoms with Gasteiger partial charge in [0.05, 0.1) is 0 Å². The van der Waals surface area contributed by atoms with Crippen molar-refractivity contribution in [3.05, 3.63) is 12.7 Å². The molecule has 4 heteroatoms. The van der Waals surface area contributed by atoms with Crippen molar-refractivity contribution in [1.82, 2.24) is 0 Å². The van der Waals surface area contributed by atoms with Crippen LogP contribution in [0.1, 0.15) is 6.92 Å². The molecule has 0 unspecified atom stereocenters. The molecule has 0 saturated heterocycles. The third kappa shape index (κ3) is 17.6. The van der Waals surface area contributed by atoms with Crippen LogP contribution < -0.4 is 5.73 Å². The highest BCUT2D eigenvalue weighted by Gasteiger charge is 1.87. The average Bonchev–Trinajstić information content (AvgIpc) is 2.04. The molecule has 0 aromatic carbocycles. The zero-order chi connectivity index (χ0) is 9.28. The molecule has 0 rings (SSSR count). The first-order valence-corrected chi connectivity index (χ1v) is 3.05. The fourth-order valence-corrected chi connectivity index (χ4v) is 0.0962. The summed E-state index contributed by atoms with van der Waals surface area (Å²) in [6.45, 7) is 4.92. The maximum atomic E-state index is 9.47. The minimum Gasteiger partial charge on any atom is -0.366 e. The van der Waals surface area contributed by atoms with Gasteiger partial charge in [-0.1, -0.05) is 6.58 Å². The van der Waals surface area contributed by atoms with E-state index in [1.807, 2.05) is 6.92 Å². The Morgan fingerprint density at radius 2 is 1.82 bits per heavy atom.